The van der Waals surface area contributed by atoms with E-state index in [1.165, 1.54) is 5.56 Å². The standard InChI is InChI=1S/C19H24BrNO2/c1-4-10-23-19-12-17(20)16(11-18(19)22-3)13-21-14(2)15-8-6-5-7-9-15/h5-9,11-12,14,21H,4,10,13H2,1-3H3. The van der Waals surface area contributed by atoms with Crippen molar-refractivity contribution in [3.63, 3.8) is 0 Å². The number of methoxy groups -OCH3 is 1. The summed E-state index contributed by atoms with van der Waals surface area (Å²) in [5.74, 6) is 1.55. The minimum atomic E-state index is 0.283. The molecule has 0 radical (unpaired) electrons. The molecule has 4 heteroatoms. The summed E-state index contributed by atoms with van der Waals surface area (Å²) in [6.45, 7) is 5.69. The lowest BCUT2D eigenvalue weighted by molar-refractivity contribution is 0.294. The summed E-state index contributed by atoms with van der Waals surface area (Å²) in [7, 11) is 1.67. The molecule has 2 aromatic rings. The van der Waals surface area contributed by atoms with Gasteiger partial charge in [-0.3, -0.25) is 0 Å². The zero-order chi connectivity index (χ0) is 16.7. The fraction of sp³-hybridized carbons (Fsp3) is 0.368. The normalized spacial score (nSPS) is 12.0. The molecule has 0 bridgehead atoms. The van der Waals surface area contributed by atoms with Crippen LogP contribution in [-0.2, 0) is 6.54 Å². The Morgan fingerprint density at radius 1 is 1.13 bits per heavy atom. The van der Waals surface area contributed by atoms with Crippen molar-refractivity contribution in [1.29, 1.82) is 0 Å². The van der Waals surface area contributed by atoms with Crippen LogP contribution in [0.15, 0.2) is 46.9 Å². The first-order chi connectivity index (χ1) is 11.2. The largest absolute Gasteiger partial charge is 0.493 e. The summed E-state index contributed by atoms with van der Waals surface area (Å²) < 4.78 is 12.2. The van der Waals surface area contributed by atoms with Crippen molar-refractivity contribution in [1.82, 2.24) is 5.32 Å². The molecule has 0 fully saturated rings. The van der Waals surface area contributed by atoms with Crippen molar-refractivity contribution in [2.45, 2.75) is 32.9 Å². The van der Waals surface area contributed by atoms with Gasteiger partial charge in [0.25, 0.3) is 0 Å². The Bertz CT molecular complexity index is 616. The Hall–Kier alpha value is -1.52. The lowest BCUT2D eigenvalue weighted by atomic mass is 10.1. The molecular formula is C19H24BrNO2. The Kier molecular flexibility index (Phi) is 6.93. The first kappa shape index (κ1) is 17.8. The zero-order valence-corrected chi connectivity index (χ0v) is 15.5. The maximum atomic E-state index is 5.73. The molecule has 0 saturated heterocycles. The molecule has 1 atom stereocenters. The monoisotopic (exact) mass is 377 g/mol. The van der Waals surface area contributed by atoms with Gasteiger partial charge in [-0.2, -0.15) is 0 Å². The minimum absolute atomic E-state index is 0.283. The van der Waals surface area contributed by atoms with Gasteiger partial charge in [-0.1, -0.05) is 53.2 Å². The van der Waals surface area contributed by atoms with E-state index >= 15 is 0 Å². The van der Waals surface area contributed by atoms with Gasteiger partial charge in [0.05, 0.1) is 13.7 Å². The highest BCUT2D eigenvalue weighted by atomic mass is 79.9. The Labute approximate surface area is 147 Å². The van der Waals surface area contributed by atoms with Crippen molar-refractivity contribution in [2.75, 3.05) is 13.7 Å². The summed E-state index contributed by atoms with van der Waals surface area (Å²) in [5, 5.41) is 3.54. The fourth-order valence-corrected chi connectivity index (χ4v) is 2.78. The minimum Gasteiger partial charge on any atom is -0.493 e. The van der Waals surface area contributed by atoms with Crippen molar-refractivity contribution in [3.8, 4) is 11.5 Å². The highest BCUT2D eigenvalue weighted by Crippen LogP contribution is 2.34. The van der Waals surface area contributed by atoms with Gasteiger partial charge in [0.2, 0.25) is 0 Å². The van der Waals surface area contributed by atoms with Crippen LogP contribution in [0.3, 0.4) is 0 Å². The van der Waals surface area contributed by atoms with Crippen LogP contribution < -0.4 is 14.8 Å². The van der Waals surface area contributed by atoms with Crippen molar-refractivity contribution >= 4 is 15.9 Å². The molecule has 0 aromatic heterocycles. The van der Waals surface area contributed by atoms with E-state index < -0.39 is 0 Å². The molecule has 0 aliphatic rings. The second kappa shape index (κ2) is 8.94. The van der Waals surface area contributed by atoms with E-state index in [1.54, 1.807) is 7.11 Å². The SMILES string of the molecule is CCCOc1cc(Br)c(CNC(C)c2ccccc2)cc1OC. The van der Waals surface area contributed by atoms with E-state index in [9.17, 15) is 0 Å². The summed E-state index contributed by atoms with van der Waals surface area (Å²) in [4.78, 5) is 0. The highest BCUT2D eigenvalue weighted by molar-refractivity contribution is 9.10. The van der Waals surface area contributed by atoms with Crippen LogP contribution in [0.25, 0.3) is 0 Å². The van der Waals surface area contributed by atoms with E-state index in [4.69, 9.17) is 9.47 Å². The maximum Gasteiger partial charge on any atom is 0.162 e. The second-order valence-corrected chi connectivity index (χ2v) is 6.31. The molecule has 0 aliphatic carbocycles. The third-order valence-corrected chi connectivity index (χ3v) is 4.43. The summed E-state index contributed by atoms with van der Waals surface area (Å²) in [5.41, 5.74) is 2.42. The van der Waals surface area contributed by atoms with Gasteiger partial charge in [-0.25, -0.2) is 0 Å². The van der Waals surface area contributed by atoms with Crippen LogP contribution >= 0.6 is 15.9 Å². The number of hydrogen-bond donors (Lipinski definition) is 1. The molecule has 0 saturated carbocycles. The number of rotatable bonds is 8. The zero-order valence-electron chi connectivity index (χ0n) is 13.9. The van der Waals surface area contributed by atoms with Crippen molar-refractivity contribution in [3.05, 3.63) is 58.1 Å². The van der Waals surface area contributed by atoms with Gasteiger partial charge in [-0.15, -0.1) is 0 Å². The van der Waals surface area contributed by atoms with Crippen LogP contribution in [0.5, 0.6) is 11.5 Å². The Morgan fingerprint density at radius 2 is 1.87 bits per heavy atom. The quantitative estimate of drug-likeness (QED) is 0.694. The van der Waals surface area contributed by atoms with Crippen LogP contribution in [0.2, 0.25) is 0 Å². The van der Waals surface area contributed by atoms with Gasteiger partial charge >= 0.3 is 0 Å². The highest BCUT2D eigenvalue weighted by Gasteiger charge is 2.11. The van der Waals surface area contributed by atoms with Crippen molar-refractivity contribution < 1.29 is 9.47 Å². The third kappa shape index (κ3) is 4.98. The molecule has 1 unspecified atom stereocenters. The predicted octanol–water partition coefficient (Wildman–Crippen LogP) is 5.10. The summed E-state index contributed by atoms with van der Waals surface area (Å²) >= 11 is 3.63. The molecule has 2 aromatic carbocycles. The molecule has 3 nitrogen and oxygen atoms in total. The number of nitrogens with one attached hydrogen (secondary N) is 1. The van der Waals surface area contributed by atoms with E-state index in [0.717, 1.165) is 34.5 Å². The topological polar surface area (TPSA) is 30.5 Å². The fourth-order valence-electron chi connectivity index (χ4n) is 2.32. The lowest BCUT2D eigenvalue weighted by Gasteiger charge is -2.17. The van der Waals surface area contributed by atoms with Crippen LogP contribution in [-0.4, -0.2) is 13.7 Å². The van der Waals surface area contributed by atoms with E-state index in [1.807, 2.05) is 18.2 Å². The number of hydrogen-bond acceptors (Lipinski definition) is 3. The van der Waals surface area contributed by atoms with E-state index in [-0.39, 0.29) is 6.04 Å². The molecule has 0 spiro atoms. The smallest absolute Gasteiger partial charge is 0.162 e. The van der Waals surface area contributed by atoms with Gasteiger partial charge in [-0.05, 0) is 36.6 Å². The average Bonchev–Trinajstić information content (AvgIpc) is 2.59. The van der Waals surface area contributed by atoms with E-state index in [0.29, 0.717) is 6.61 Å². The molecule has 0 heterocycles. The van der Waals surface area contributed by atoms with E-state index in [2.05, 4.69) is 59.4 Å². The van der Waals surface area contributed by atoms with Crippen LogP contribution in [0.4, 0.5) is 0 Å². The van der Waals surface area contributed by atoms with Gasteiger partial charge in [0, 0.05) is 17.1 Å². The average molecular weight is 378 g/mol. The first-order valence-electron chi connectivity index (χ1n) is 7.93. The third-order valence-electron chi connectivity index (χ3n) is 3.69. The molecular weight excluding hydrogens is 354 g/mol. The predicted molar refractivity (Wildman–Crippen MR) is 98.2 cm³/mol. The number of halogens is 1. The van der Waals surface area contributed by atoms with Crippen LogP contribution in [0.1, 0.15) is 37.4 Å². The van der Waals surface area contributed by atoms with Gasteiger partial charge < -0.3 is 14.8 Å². The first-order valence-corrected chi connectivity index (χ1v) is 8.72. The Balaban J connectivity index is 2.07. The molecule has 0 aliphatic heterocycles. The molecule has 2 rings (SSSR count). The van der Waals surface area contributed by atoms with Crippen molar-refractivity contribution in [2.24, 2.45) is 0 Å². The molecule has 1 N–H and O–H groups in total. The van der Waals surface area contributed by atoms with Crippen LogP contribution in [0, 0.1) is 0 Å². The maximum absolute atomic E-state index is 5.73. The lowest BCUT2D eigenvalue weighted by Crippen LogP contribution is -2.18. The molecule has 0 amide bonds. The van der Waals surface area contributed by atoms with Gasteiger partial charge in [0.1, 0.15) is 0 Å². The summed E-state index contributed by atoms with van der Waals surface area (Å²) in [6.07, 6.45) is 0.971. The Morgan fingerprint density at radius 3 is 2.52 bits per heavy atom. The second-order valence-electron chi connectivity index (χ2n) is 5.46. The number of ether oxygens (including phenoxy) is 2. The van der Waals surface area contributed by atoms with Gasteiger partial charge in [0.15, 0.2) is 11.5 Å². The summed E-state index contributed by atoms with van der Waals surface area (Å²) in [6, 6.07) is 14.7. The number of benzene rings is 2. The molecule has 23 heavy (non-hydrogen) atoms. The molecule has 124 valence electrons.